The van der Waals surface area contributed by atoms with E-state index in [4.69, 9.17) is 0 Å². The average Bonchev–Trinajstić information content (AvgIpc) is 3.10. The van der Waals surface area contributed by atoms with Gasteiger partial charge in [-0.25, -0.2) is 0 Å². The molecule has 3 aliphatic rings. The first-order valence-corrected chi connectivity index (χ1v) is 8.76. The summed E-state index contributed by atoms with van der Waals surface area (Å²) in [6, 6.07) is 0.0199. The van der Waals surface area contributed by atoms with E-state index in [1.165, 1.54) is 6.42 Å². The third-order valence-electron chi connectivity index (χ3n) is 5.11. The number of piperidine rings is 1. The predicted octanol–water partition coefficient (Wildman–Crippen LogP) is -0.105. The lowest BCUT2D eigenvalue weighted by Gasteiger charge is -2.37. The average molecular weight is 308 g/mol. The first-order valence-electron chi connectivity index (χ1n) is 8.76. The lowest BCUT2D eigenvalue weighted by Crippen LogP contribution is -2.56. The summed E-state index contributed by atoms with van der Waals surface area (Å²) in [7, 11) is 0. The second-order valence-electron chi connectivity index (χ2n) is 6.69. The number of nitrogens with zero attached hydrogens (tertiary/aromatic N) is 3. The van der Waals surface area contributed by atoms with Crippen molar-refractivity contribution in [3.05, 3.63) is 0 Å². The van der Waals surface area contributed by atoms with E-state index in [1.54, 1.807) is 0 Å². The Morgan fingerprint density at radius 2 is 1.59 bits per heavy atom. The molecule has 6 nitrogen and oxygen atoms in total. The number of likely N-dealkylation sites (tertiary alicyclic amines) is 1. The standard InChI is InChI=1S/C16H28N4O2/c21-15(19-7-3-4-8-19)13-18-9-11-20(12-10-18)16(22)14-5-1-2-6-17-14/h14,17H,1-13H2/t14-/m1/s1. The van der Waals surface area contributed by atoms with Gasteiger partial charge in [-0.15, -0.1) is 0 Å². The Labute approximate surface area is 132 Å². The highest BCUT2D eigenvalue weighted by Crippen LogP contribution is 2.13. The van der Waals surface area contributed by atoms with Gasteiger partial charge in [-0.05, 0) is 32.2 Å². The summed E-state index contributed by atoms with van der Waals surface area (Å²) in [4.78, 5) is 30.8. The quantitative estimate of drug-likeness (QED) is 0.791. The van der Waals surface area contributed by atoms with Crippen LogP contribution >= 0.6 is 0 Å². The van der Waals surface area contributed by atoms with Crippen LogP contribution in [0.1, 0.15) is 32.1 Å². The van der Waals surface area contributed by atoms with Gasteiger partial charge in [0.05, 0.1) is 12.6 Å². The molecule has 0 aromatic heterocycles. The number of rotatable bonds is 3. The van der Waals surface area contributed by atoms with Crippen molar-refractivity contribution in [3.63, 3.8) is 0 Å². The van der Waals surface area contributed by atoms with Crippen molar-refractivity contribution in [3.8, 4) is 0 Å². The van der Waals surface area contributed by atoms with Gasteiger partial charge in [0, 0.05) is 39.3 Å². The maximum atomic E-state index is 12.5. The molecule has 1 N–H and O–H groups in total. The van der Waals surface area contributed by atoms with Crippen LogP contribution in [-0.2, 0) is 9.59 Å². The van der Waals surface area contributed by atoms with Gasteiger partial charge >= 0.3 is 0 Å². The number of carbonyl (C=O) groups excluding carboxylic acids is 2. The zero-order valence-electron chi connectivity index (χ0n) is 13.4. The van der Waals surface area contributed by atoms with Gasteiger partial charge in [0.15, 0.2) is 0 Å². The molecule has 0 spiro atoms. The molecule has 0 saturated carbocycles. The smallest absolute Gasteiger partial charge is 0.239 e. The van der Waals surface area contributed by atoms with E-state index >= 15 is 0 Å². The maximum absolute atomic E-state index is 12.5. The largest absolute Gasteiger partial charge is 0.342 e. The Balaban J connectivity index is 1.41. The van der Waals surface area contributed by atoms with E-state index < -0.39 is 0 Å². The minimum absolute atomic E-state index is 0.0199. The Kier molecular flexibility index (Phi) is 5.31. The Morgan fingerprint density at radius 1 is 0.864 bits per heavy atom. The summed E-state index contributed by atoms with van der Waals surface area (Å²) in [6.07, 6.45) is 5.57. The highest BCUT2D eigenvalue weighted by molar-refractivity contribution is 5.82. The molecule has 0 radical (unpaired) electrons. The van der Waals surface area contributed by atoms with Crippen molar-refractivity contribution < 1.29 is 9.59 Å². The molecule has 0 aromatic rings. The van der Waals surface area contributed by atoms with Crippen LogP contribution < -0.4 is 5.32 Å². The summed E-state index contributed by atoms with van der Waals surface area (Å²) in [5.41, 5.74) is 0. The van der Waals surface area contributed by atoms with Gasteiger partial charge in [-0.2, -0.15) is 0 Å². The molecule has 1 atom stereocenters. The first-order chi connectivity index (χ1) is 10.7. The molecule has 124 valence electrons. The van der Waals surface area contributed by atoms with Crippen molar-refractivity contribution in [2.45, 2.75) is 38.1 Å². The van der Waals surface area contributed by atoms with Crippen LogP contribution in [0.15, 0.2) is 0 Å². The molecule has 3 saturated heterocycles. The highest BCUT2D eigenvalue weighted by atomic mass is 16.2. The number of hydrogen-bond acceptors (Lipinski definition) is 4. The van der Waals surface area contributed by atoms with Gasteiger partial charge in [0.25, 0.3) is 0 Å². The fourth-order valence-electron chi connectivity index (χ4n) is 3.67. The van der Waals surface area contributed by atoms with Crippen LogP contribution in [0.4, 0.5) is 0 Å². The van der Waals surface area contributed by atoms with E-state index in [9.17, 15) is 9.59 Å². The van der Waals surface area contributed by atoms with Gasteiger partial charge in [-0.3, -0.25) is 14.5 Å². The normalized spacial score (nSPS) is 27.2. The summed E-state index contributed by atoms with van der Waals surface area (Å²) in [5, 5.41) is 3.33. The molecule has 0 bridgehead atoms. The van der Waals surface area contributed by atoms with Crippen molar-refractivity contribution >= 4 is 11.8 Å². The first kappa shape index (κ1) is 15.7. The highest BCUT2D eigenvalue weighted by Gasteiger charge is 2.29. The summed E-state index contributed by atoms with van der Waals surface area (Å²) in [6.45, 7) is 6.46. The number of nitrogens with one attached hydrogen (secondary N) is 1. The molecule has 3 aliphatic heterocycles. The zero-order chi connectivity index (χ0) is 15.4. The lowest BCUT2D eigenvalue weighted by molar-refractivity contribution is -0.136. The topological polar surface area (TPSA) is 55.9 Å². The molecule has 0 unspecified atom stereocenters. The minimum Gasteiger partial charge on any atom is -0.342 e. The SMILES string of the molecule is O=C(CN1CCN(C(=O)[C@H]2CCCCN2)CC1)N1CCCC1. The third-order valence-corrected chi connectivity index (χ3v) is 5.11. The summed E-state index contributed by atoms with van der Waals surface area (Å²) < 4.78 is 0. The Hall–Kier alpha value is -1.14. The molecule has 2 amide bonds. The monoisotopic (exact) mass is 308 g/mol. The molecule has 6 heteroatoms. The Bertz CT molecular complexity index is 395. The second-order valence-corrected chi connectivity index (χ2v) is 6.69. The number of carbonyl (C=O) groups is 2. The van der Waals surface area contributed by atoms with Crippen molar-refractivity contribution in [1.29, 1.82) is 0 Å². The van der Waals surface area contributed by atoms with E-state index in [0.717, 1.165) is 71.5 Å². The van der Waals surface area contributed by atoms with E-state index in [0.29, 0.717) is 6.54 Å². The molecule has 3 rings (SSSR count). The van der Waals surface area contributed by atoms with E-state index in [1.807, 2.05) is 9.80 Å². The molecule has 0 aliphatic carbocycles. The van der Waals surface area contributed by atoms with E-state index in [2.05, 4.69) is 10.2 Å². The fourth-order valence-corrected chi connectivity index (χ4v) is 3.67. The van der Waals surface area contributed by atoms with Crippen LogP contribution in [0.25, 0.3) is 0 Å². The number of amides is 2. The molecule has 22 heavy (non-hydrogen) atoms. The summed E-state index contributed by atoms with van der Waals surface area (Å²) in [5.74, 6) is 0.511. The lowest BCUT2D eigenvalue weighted by atomic mass is 10.0. The summed E-state index contributed by atoms with van der Waals surface area (Å²) >= 11 is 0. The second kappa shape index (κ2) is 7.42. The maximum Gasteiger partial charge on any atom is 0.239 e. The molecule has 3 fully saturated rings. The predicted molar refractivity (Wildman–Crippen MR) is 84.5 cm³/mol. The van der Waals surface area contributed by atoms with Crippen LogP contribution in [0, 0.1) is 0 Å². The van der Waals surface area contributed by atoms with Crippen LogP contribution in [0.2, 0.25) is 0 Å². The van der Waals surface area contributed by atoms with Gasteiger partial charge in [0.2, 0.25) is 11.8 Å². The fraction of sp³-hybridized carbons (Fsp3) is 0.875. The number of hydrogen-bond donors (Lipinski definition) is 1. The van der Waals surface area contributed by atoms with Gasteiger partial charge < -0.3 is 15.1 Å². The molecular weight excluding hydrogens is 280 g/mol. The Morgan fingerprint density at radius 3 is 2.23 bits per heavy atom. The van der Waals surface area contributed by atoms with Crippen molar-refractivity contribution in [2.24, 2.45) is 0 Å². The van der Waals surface area contributed by atoms with Crippen LogP contribution in [0.5, 0.6) is 0 Å². The van der Waals surface area contributed by atoms with Crippen molar-refractivity contribution in [2.75, 3.05) is 52.4 Å². The zero-order valence-corrected chi connectivity index (χ0v) is 13.4. The van der Waals surface area contributed by atoms with Gasteiger partial charge in [0.1, 0.15) is 0 Å². The van der Waals surface area contributed by atoms with Crippen molar-refractivity contribution in [1.82, 2.24) is 20.0 Å². The third kappa shape index (κ3) is 3.79. The van der Waals surface area contributed by atoms with Gasteiger partial charge in [-0.1, -0.05) is 6.42 Å². The van der Waals surface area contributed by atoms with E-state index in [-0.39, 0.29) is 17.9 Å². The molecule has 3 heterocycles. The minimum atomic E-state index is 0.0199. The molecule has 0 aromatic carbocycles. The number of piperazine rings is 1. The van der Waals surface area contributed by atoms with Crippen LogP contribution in [-0.4, -0.2) is 84.9 Å². The molecular formula is C16H28N4O2. The van der Waals surface area contributed by atoms with Crippen LogP contribution in [0.3, 0.4) is 0 Å².